The molecule has 104 valence electrons. The number of benzene rings is 1. The second-order valence-electron chi connectivity index (χ2n) is 3.66. The molecule has 0 aliphatic rings. The lowest BCUT2D eigenvalue weighted by molar-refractivity contribution is 0.0607. The van der Waals surface area contributed by atoms with Crippen molar-refractivity contribution in [3.63, 3.8) is 0 Å². The molecular formula is C13H10ClFN2O2S. The van der Waals surface area contributed by atoms with E-state index in [9.17, 15) is 9.18 Å². The zero-order chi connectivity index (χ0) is 14.5. The summed E-state index contributed by atoms with van der Waals surface area (Å²) < 4.78 is 18.1. The lowest BCUT2D eigenvalue weighted by atomic mass is 10.2. The van der Waals surface area contributed by atoms with E-state index in [2.05, 4.69) is 15.3 Å². The van der Waals surface area contributed by atoms with Crippen LogP contribution in [0.1, 0.15) is 15.2 Å². The summed E-state index contributed by atoms with van der Waals surface area (Å²) in [5.41, 5.74) is 3.33. The molecule has 0 aliphatic heterocycles. The van der Waals surface area contributed by atoms with Gasteiger partial charge in [-0.3, -0.25) is 5.43 Å². The topological polar surface area (TPSA) is 50.7 Å². The average Bonchev–Trinajstić information content (AvgIpc) is 2.89. The van der Waals surface area contributed by atoms with Crippen LogP contribution in [0, 0.1) is 5.82 Å². The minimum atomic E-state index is -0.471. The number of anilines is 1. The van der Waals surface area contributed by atoms with Crippen LogP contribution in [0.5, 0.6) is 0 Å². The van der Waals surface area contributed by atoms with Gasteiger partial charge in [-0.15, -0.1) is 11.3 Å². The summed E-state index contributed by atoms with van der Waals surface area (Å²) in [5, 5.41) is 5.86. The van der Waals surface area contributed by atoms with Gasteiger partial charge in [-0.2, -0.15) is 5.10 Å². The van der Waals surface area contributed by atoms with Gasteiger partial charge in [0.25, 0.3) is 0 Å². The molecule has 20 heavy (non-hydrogen) atoms. The summed E-state index contributed by atoms with van der Waals surface area (Å²) in [5.74, 6) is -0.928. The number of ether oxygens (including phenoxy) is 1. The number of nitrogens with one attached hydrogen (secondary N) is 1. The molecule has 4 nitrogen and oxygen atoms in total. The minimum Gasteiger partial charge on any atom is -0.465 e. The summed E-state index contributed by atoms with van der Waals surface area (Å²) in [6, 6.07) is 6.04. The van der Waals surface area contributed by atoms with Crippen molar-refractivity contribution in [2.24, 2.45) is 5.10 Å². The number of rotatable bonds is 4. The lowest BCUT2D eigenvalue weighted by Gasteiger charge is -2.02. The first-order valence-electron chi connectivity index (χ1n) is 5.52. The van der Waals surface area contributed by atoms with Gasteiger partial charge in [0.1, 0.15) is 10.7 Å². The summed E-state index contributed by atoms with van der Waals surface area (Å²) in [6.07, 6.45) is 1.26. The van der Waals surface area contributed by atoms with E-state index in [4.69, 9.17) is 11.6 Å². The Labute approximate surface area is 123 Å². The molecule has 0 spiro atoms. The van der Waals surface area contributed by atoms with Gasteiger partial charge in [0.2, 0.25) is 0 Å². The molecule has 2 aromatic rings. The monoisotopic (exact) mass is 312 g/mol. The Morgan fingerprint density at radius 1 is 1.50 bits per heavy atom. The zero-order valence-electron chi connectivity index (χ0n) is 10.4. The van der Waals surface area contributed by atoms with Gasteiger partial charge in [-0.25, -0.2) is 9.18 Å². The third-order valence-electron chi connectivity index (χ3n) is 2.41. The molecule has 1 aromatic carbocycles. The molecule has 1 heterocycles. The smallest absolute Gasteiger partial charge is 0.350 e. The van der Waals surface area contributed by atoms with Crippen LogP contribution < -0.4 is 5.43 Å². The quantitative estimate of drug-likeness (QED) is 0.531. The Bertz CT molecular complexity index is 637. The highest BCUT2D eigenvalue weighted by atomic mass is 35.5. The SMILES string of the molecule is COC(=O)c1sccc1NN=Cc1c(F)cccc1Cl. The van der Waals surface area contributed by atoms with Gasteiger partial charge < -0.3 is 4.74 Å². The van der Waals surface area contributed by atoms with Crippen LogP contribution in [-0.4, -0.2) is 19.3 Å². The molecule has 0 atom stereocenters. The van der Waals surface area contributed by atoms with Crippen molar-refractivity contribution in [3.8, 4) is 0 Å². The van der Waals surface area contributed by atoms with Crippen molar-refractivity contribution in [3.05, 3.63) is 50.9 Å². The Morgan fingerprint density at radius 3 is 3.00 bits per heavy atom. The average molecular weight is 313 g/mol. The molecule has 0 fully saturated rings. The van der Waals surface area contributed by atoms with Gasteiger partial charge in [0, 0.05) is 5.56 Å². The van der Waals surface area contributed by atoms with E-state index in [1.165, 1.54) is 36.8 Å². The van der Waals surface area contributed by atoms with Crippen LogP contribution in [0.2, 0.25) is 5.02 Å². The second-order valence-corrected chi connectivity index (χ2v) is 4.98. The zero-order valence-corrected chi connectivity index (χ0v) is 12.0. The Kier molecular flexibility index (Phi) is 4.70. The standard InChI is InChI=1S/C13H10ClFN2O2S/c1-19-13(18)12-11(5-6-20-12)17-16-7-8-9(14)3-2-4-10(8)15/h2-7,17H,1H3. The predicted octanol–water partition coefficient (Wildman–Crippen LogP) is 3.77. The first kappa shape index (κ1) is 14.5. The maximum atomic E-state index is 13.5. The van der Waals surface area contributed by atoms with Crippen molar-refractivity contribution >= 4 is 40.8 Å². The Morgan fingerprint density at radius 2 is 2.30 bits per heavy atom. The summed E-state index contributed by atoms with van der Waals surface area (Å²) in [7, 11) is 1.30. The summed E-state index contributed by atoms with van der Waals surface area (Å²) >= 11 is 7.09. The first-order chi connectivity index (χ1) is 9.63. The van der Waals surface area contributed by atoms with E-state index in [1.807, 2.05) is 0 Å². The molecule has 1 N–H and O–H groups in total. The van der Waals surface area contributed by atoms with E-state index < -0.39 is 11.8 Å². The van der Waals surface area contributed by atoms with Gasteiger partial charge in [-0.05, 0) is 23.6 Å². The molecule has 0 bridgehead atoms. The molecule has 1 aromatic heterocycles. The number of halogens is 2. The van der Waals surface area contributed by atoms with Gasteiger partial charge in [0.15, 0.2) is 0 Å². The highest BCUT2D eigenvalue weighted by molar-refractivity contribution is 7.12. The van der Waals surface area contributed by atoms with Crippen molar-refractivity contribution < 1.29 is 13.9 Å². The molecule has 0 amide bonds. The van der Waals surface area contributed by atoms with Crippen molar-refractivity contribution in [1.29, 1.82) is 0 Å². The van der Waals surface area contributed by atoms with Crippen LogP contribution in [0.15, 0.2) is 34.7 Å². The van der Waals surface area contributed by atoms with E-state index in [-0.39, 0.29) is 10.6 Å². The van der Waals surface area contributed by atoms with E-state index in [1.54, 1.807) is 17.5 Å². The van der Waals surface area contributed by atoms with Crippen molar-refractivity contribution in [2.45, 2.75) is 0 Å². The fourth-order valence-electron chi connectivity index (χ4n) is 1.45. The van der Waals surface area contributed by atoms with Crippen LogP contribution in [0.4, 0.5) is 10.1 Å². The van der Waals surface area contributed by atoms with E-state index in [0.717, 1.165) is 0 Å². The van der Waals surface area contributed by atoms with Crippen molar-refractivity contribution in [2.75, 3.05) is 12.5 Å². The first-order valence-corrected chi connectivity index (χ1v) is 6.78. The van der Waals surface area contributed by atoms with Crippen LogP contribution in [0.3, 0.4) is 0 Å². The van der Waals surface area contributed by atoms with Gasteiger partial charge >= 0.3 is 5.97 Å². The van der Waals surface area contributed by atoms with Crippen LogP contribution >= 0.6 is 22.9 Å². The van der Waals surface area contributed by atoms with Crippen molar-refractivity contribution in [1.82, 2.24) is 0 Å². The number of hydrogen-bond acceptors (Lipinski definition) is 5. The Balaban J connectivity index is 2.15. The highest BCUT2D eigenvalue weighted by Crippen LogP contribution is 2.23. The largest absolute Gasteiger partial charge is 0.465 e. The molecule has 0 radical (unpaired) electrons. The Hall–Kier alpha value is -1.92. The number of nitrogens with zero attached hydrogens (tertiary/aromatic N) is 1. The highest BCUT2D eigenvalue weighted by Gasteiger charge is 2.12. The number of carbonyl (C=O) groups excluding carboxylic acids is 1. The van der Waals surface area contributed by atoms with Crippen LogP contribution in [-0.2, 0) is 4.74 Å². The number of methoxy groups -OCH3 is 1. The maximum absolute atomic E-state index is 13.5. The minimum absolute atomic E-state index is 0.177. The normalized spacial score (nSPS) is 10.8. The van der Waals surface area contributed by atoms with E-state index >= 15 is 0 Å². The number of carbonyl (C=O) groups is 1. The molecule has 0 saturated carbocycles. The molecule has 7 heteroatoms. The molecular weight excluding hydrogens is 303 g/mol. The molecule has 0 aliphatic carbocycles. The number of hydrazone groups is 1. The second kappa shape index (κ2) is 6.49. The van der Waals surface area contributed by atoms with Gasteiger partial charge in [-0.1, -0.05) is 17.7 Å². The summed E-state index contributed by atoms with van der Waals surface area (Å²) in [4.78, 5) is 11.8. The number of hydrogen-bond donors (Lipinski definition) is 1. The number of thiophene rings is 1. The fourth-order valence-corrected chi connectivity index (χ4v) is 2.42. The fraction of sp³-hybridized carbons (Fsp3) is 0.0769. The third-order valence-corrected chi connectivity index (χ3v) is 3.64. The summed E-state index contributed by atoms with van der Waals surface area (Å²) in [6.45, 7) is 0. The van der Waals surface area contributed by atoms with Crippen LogP contribution in [0.25, 0.3) is 0 Å². The molecule has 0 saturated heterocycles. The molecule has 0 unspecified atom stereocenters. The molecule has 2 rings (SSSR count). The maximum Gasteiger partial charge on any atom is 0.350 e. The van der Waals surface area contributed by atoms with Gasteiger partial charge in [0.05, 0.1) is 24.0 Å². The van der Waals surface area contributed by atoms with E-state index in [0.29, 0.717) is 10.6 Å². The lowest BCUT2D eigenvalue weighted by Crippen LogP contribution is -2.02. The predicted molar refractivity (Wildman–Crippen MR) is 78.3 cm³/mol. The third kappa shape index (κ3) is 3.15. The number of esters is 1.